The zero-order valence-electron chi connectivity index (χ0n) is 10.6. The maximum absolute atomic E-state index is 11.9. The number of ether oxygens (including phenoxy) is 2. The smallest absolute Gasteiger partial charge is 0.324 e. The van der Waals surface area contributed by atoms with Crippen molar-refractivity contribution >= 4 is 35.1 Å². The maximum Gasteiger partial charge on any atom is 0.324 e. The van der Waals surface area contributed by atoms with Crippen LogP contribution in [0, 0.1) is 0 Å². The SMILES string of the molecule is CCOC(=O)C(C(=O)OCC)c1ccc(Cl)cc1Cl. The van der Waals surface area contributed by atoms with Gasteiger partial charge < -0.3 is 9.47 Å². The summed E-state index contributed by atoms with van der Waals surface area (Å²) in [6.45, 7) is 3.65. The number of benzene rings is 1. The monoisotopic (exact) mass is 304 g/mol. The number of carbonyl (C=O) groups excluding carboxylic acids is 2. The summed E-state index contributed by atoms with van der Waals surface area (Å²) in [6, 6.07) is 4.53. The van der Waals surface area contributed by atoms with Gasteiger partial charge in [0.25, 0.3) is 0 Å². The minimum absolute atomic E-state index is 0.167. The van der Waals surface area contributed by atoms with Crippen molar-refractivity contribution in [2.24, 2.45) is 0 Å². The van der Waals surface area contributed by atoms with Gasteiger partial charge in [0.15, 0.2) is 5.92 Å². The van der Waals surface area contributed by atoms with Gasteiger partial charge in [0.2, 0.25) is 0 Å². The first-order valence-electron chi connectivity index (χ1n) is 5.79. The first-order chi connectivity index (χ1) is 9.01. The summed E-state index contributed by atoms with van der Waals surface area (Å²) >= 11 is 11.8. The minimum atomic E-state index is -1.19. The van der Waals surface area contributed by atoms with Gasteiger partial charge in [-0.25, -0.2) is 0 Å². The van der Waals surface area contributed by atoms with Crippen LogP contribution < -0.4 is 0 Å². The zero-order chi connectivity index (χ0) is 14.4. The van der Waals surface area contributed by atoms with Crippen LogP contribution >= 0.6 is 23.2 Å². The first-order valence-corrected chi connectivity index (χ1v) is 6.55. The zero-order valence-corrected chi connectivity index (χ0v) is 12.1. The second-order valence-corrected chi connectivity index (χ2v) is 4.45. The molecule has 0 heterocycles. The number of carbonyl (C=O) groups is 2. The number of hydrogen-bond acceptors (Lipinski definition) is 4. The van der Waals surface area contributed by atoms with E-state index < -0.39 is 17.9 Å². The summed E-state index contributed by atoms with van der Waals surface area (Å²) in [5, 5.41) is 0.638. The number of halogens is 2. The van der Waals surface area contributed by atoms with Crippen LogP contribution in [0.15, 0.2) is 18.2 Å². The molecule has 0 aliphatic rings. The van der Waals surface area contributed by atoms with Gasteiger partial charge in [0.1, 0.15) is 0 Å². The fourth-order valence-corrected chi connectivity index (χ4v) is 2.05. The van der Waals surface area contributed by atoms with Gasteiger partial charge in [0.05, 0.1) is 13.2 Å². The summed E-state index contributed by atoms with van der Waals surface area (Å²) in [6.07, 6.45) is 0. The molecule has 6 heteroatoms. The normalized spacial score (nSPS) is 10.4. The molecule has 1 rings (SSSR count). The molecule has 0 radical (unpaired) electrons. The highest BCUT2D eigenvalue weighted by Gasteiger charge is 2.33. The Bertz CT molecular complexity index is 456. The van der Waals surface area contributed by atoms with Crippen molar-refractivity contribution in [1.29, 1.82) is 0 Å². The Balaban J connectivity index is 3.14. The molecule has 0 N–H and O–H groups in total. The molecule has 4 nitrogen and oxygen atoms in total. The lowest BCUT2D eigenvalue weighted by Gasteiger charge is -2.16. The Morgan fingerprint density at radius 3 is 2.05 bits per heavy atom. The van der Waals surface area contributed by atoms with E-state index in [2.05, 4.69) is 0 Å². The van der Waals surface area contributed by atoms with Crippen molar-refractivity contribution < 1.29 is 19.1 Å². The van der Waals surface area contributed by atoms with Crippen LogP contribution in [0.1, 0.15) is 25.3 Å². The molecule has 0 atom stereocenters. The Morgan fingerprint density at radius 1 is 1.11 bits per heavy atom. The lowest BCUT2D eigenvalue weighted by Crippen LogP contribution is -2.26. The van der Waals surface area contributed by atoms with Gasteiger partial charge >= 0.3 is 11.9 Å². The molecular weight excluding hydrogens is 291 g/mol. The predicted octanol–water partition coefficient (Wildman–Crippen LogP) is 3.20. The minimum Gasteiger partial charge on any atom is -0.465 e. The second kappa shape index (κ2) is 7.36. The molecule has 104 valence electrons. The molecule has 1 aromatic carbocycles. The largest absolute Gasteiger partial charge is 0.465 e. The van der Waals surface area contributed by atoms with E-state index in [1.165, 1.54) is 12.1 Å². The Labute approximate surface area is 121 Å². The van der Waals surface area contributed by atoms with Crippen molar-refractivity contribution in [1.82, 2.24) is 0 Å². The fourth-order valence-electron chi connectivity index (χ4n) is 1.54. The van der Waals surface area contributed by atoms with Crippen molar-refractivity contribution in [3.8, 4) is 0 Å². The summed E-state index contributed by atoms with van der Waals surface area (Å²) in [5.41, 5.74) is 0.322. The highest BCUT2D eigenvalue weighted by atomic mass is 35.5. The van der Waals surface area contributed by atoms with Crippen LogP contribution in [0.3, 0.4) is 0 Å². The van der Waals surface area contributed by atoms with E-state index >= 15 is 0 Å². The molecule has 0 aliphatic carbocycles. The standard InChI is InChI=1S/C13H14Cl2O4/c1-3-18-12(16)11(13(17)19-4-2)9-6-5-8(14)7-10(9)15/h5-7,11H,3-4H2,1-2H3. The average molecular weight is 305 g/mol. The molecule has 0 saturated carbocycles. The Kier molecular flexibility index (Phi) is 6.12. The molecule has 0 aliphatic heterocycles. The lowest BCUT2D eigenvalue weighted by molar-refractivity contribution is -0.156. The summed E-state index contributed by atoms with van der Waals surface area (Å²) < 4.78 is 9.76. The molecule has 0 bridgehead atoms. The predicted molar refractivity (Wildman–Crippen MR) is 72.5 cm³/mol. The molecule has 1 aromatic rings. The summed E-state index contributed by atoms with van der Waals surface area (Å²) in [7, 11) is 0. The number of hydrogen-bond donors (Lipinski definition) is 0. The van der Waals surface area contributed by atoms with Crippen LogP contribution in [-0.4, -0.2) is 25.2 Å². The van der Waals surface area contributed by atoms with E-state index in [0.717, 1.165) is 0 Å². The average Bonchev–Trinajstić information content (AvgIpc) is 2.33. The molecule has 19 heavy (non-hydrogen) atoms. The third kappa shape index (κ3) is 4.11. The quantitative estimate of drug-likeness (QED) is 0.619. The summed E-state index contributed by atoms with van der Waals surface area (Å²) in [4.78, 5) is 23.8. The van der Waals surface area contributed by atoms with E-state index in [0.29, 0.717) is 10.6 Å². The van der Waals surface area contributed by atoms with E-state index in [1.807, 2.05) is 0 Å². The molecule has 0 spiro atoms. The van der Waals surface area contributed by atoms with Crippen molar-refractivity contribution in [3.05, 3.63) is 33.8 Å². The van der Waals surface area contributed by atoms with Gasteiger partial charge in [-0.3, -0.25) is 9.59 Å². The van der Waals surface area contributed by atoms with Crippen molar-refractivity contribution in [2.75, 3.05) is 13.2 Å². The maximum atomic E-state index is 11.9. The first kappa shape index (κ1) is 15.8. The molecule has 0 amide bonds. The van der Waals surface area contributed by atoms with E-state index in [9.17, 15) is 9.59 Å². The van der Waals surface area contributed by atoms with Crippen molar-refractivity contribution in [2.45, 2.75) is 19.8 Å². The van der Waals surface area contributed by atoms with E-state index in [1.54, 1.807) is 19.9 Å². The van der Waals surface area contributed by atoms with Crippen LogP contribution in [0.25, 0.3) is 0 Å². The molecule has 0 fully saturated rings. The van der Waals surface area contributed by atoms with Crippen LogP contribution in [0.2, 0.25) is 10.0 Å². The molecule has 0 aromatic heterocycles. The molecule has 0 unspecified atom stereocenters. The third-order valence-corrected chi connectivity index (χ3v) is 2.88. The van der Waals surface area contributed by atoms with Gasteiger partial charge in [-0.1, -0.05) is 29.3 Å². The van der Waals surface area contributed by atoms with E-state index in [-0.39, 0.29) is 18.2 Å². The van der Waals surface area contributed by atoms with Gasteiger partial charge in [-0.05, 0) is 31.5 Å². The number of esters is 2. The topological polar surface area (TPSA) is 52.6 Å². The van der Waals surface area contributed by atoms with E-state index in [4.69, 9.17) is 32.7 Å². The molecule has 0 saturated heterocycles. The second-order valence-electron chi connectivity index (χ2n) is 3.60. The van der Waals surface area contributed by atoms with Crippen LogP contribution in [-0.2, 0) is 19.1 Å². The van der Waals surface area contributed by atoms with Gasteiger partial charge in [-0.15, -0.1) is 0 Å². The Morgan fingerprint density at radius 2 is 1.63 bits per heavy atom. The van der Waals surface area contributed by atoms with Crippen LogP contribution in [0.5, 0.6) is 0 Å². The summed E-state index contributed by atoms with van der Waals surface area (Å²) in [5.74, 6) is -2.57. The van der Waals surface area contributed by atoms with Crippen molar-refractivity contribution in [3.63, 3.8) is 0 Å². The number of rotatable bonds is 5. The molecular formula is C13H14Cl2O4. The Hall–Kier alpha value is -1.26. The highest BCUT2D eigenvalue weighted by molar-refractivity contribution is 6.35. The van der Waals surface area contributed by atoms with Crippen LogP contribution in [0.4, 0.5) is 0 Å². The van der Waals surface area contributed by atoms with Gasteiger partial charge in [-0.2, -0.15) is 0 Å². The third-order valence-electron chi connectivity index (χ3n) is 2.32. The lowest BCUT2D eigenvalue weighted by atomic mass is 9.99. The van der Waals surface area contributed by atoms with Gasteiger partial charge in [0, 0.05) is 10.0 Å². The highest BCUT2D eigenvalue weighted by Crippen LogP contribution is 2.29. The fraction of sp³-hybridized carbons (Fsp3) is 0.385.